The minimum Gasteiger partial charge on any atom is -0.0885 e. The van der Waals surface area contributed by atoms with Crippen molar-refractivity contribution in [3.8, 4) is 0 Å². The smallest absolute Gasteiger partial charge is 0.0181 e. The van der Waals surface area contributed by atoms with Crippen LogP contribution in [0.2, 0.25) is 0 Å². The third-order valence-electron chi connectivity index (χ3n) is 5.79. The SMILES string of the molecule is CCCCCCCC/C=C/CCCCCCCCc1ccc2ccccc2c1. The van der Waals surface area contributed by atoms with Crippen LogP contribution in [0.25, 0.3) is 10.8 Å². The van der Waals surface area contributed by atoms with Gasteiger partial charge < -0.3 is 0 Å². The van der Waals surface area contributed by atoms with E-state index < -0.39 is 0 Å². The first-order chi connectivity index (χ1) is 13.9. The molecule has 0 amide bonds. The highest BCUT2D eigenvalue weighted by Gasteiger charge is 1.97. The molecule has 0 unspecified atom stereocenters. The number of benzene rings is 2. The van der Waals surface area contributed by atoms with Crippen molar-refractivity contribution in [1.29, 1.82) is 0 Å². The van der Waals surface area contributed by atoms with E-state index in [0.717, 1.165) is 0 Å². The van der Waals surface area contributed by atoms with Gasteiger partial charge >= 0.3 is 0 Å². The molecule has 0 heterocycles. The monoisotopic (exact) mass is 378 g/mol. The van der Waals surface area contributed by atoms with E-state index in [1.54, 1.807) is 0 Å². The van der Waals surface area contributed by atoms with Crippen molar-refractivity contribution >= 4 is 10.8 Å². The van der Waals surface area contributed by atoms with Crippen LogP contribution in [0, 0.1) is 0 Å². The van der Waals surface area contributed by atoms with Gasteiger partial charge in [0.15, 0.2) is 0 Å². The van der Waals surface area contributed by atoms with Crippen LogP contribution in [-0.2, 0) is 6.42 Å². The topological polar surface area (TPSA) is 0 Å². The molecule has 0 aliphatic carbocycles. The molecule has 0 aromatic heterocycles. The van der Waals surface area contributed by atoms with Crippen molar-refractivity contribution in [3.05, 3.63) is 60.2 Å². The minimum atomic E-state index is 1.23. The van der Waals surface area contributed by atoms with Gasteiger partial charge in [-0.15, -0.1) is 0 Å². The zero-order valence-electron chi connectivity index (χ0n) is 18.3. The fraction of sp³-hybridized carbons (Fsp3) is 0.571. The van der Waals surface area contributed by atoms with Gasteiger partial charge in [0, 0.05) is 0 Å². The van der Waals surface area contributed by atoms with Gasteiger partial charge in [0.25, 0.3) is 0 Å². The lowest BCUT2D eigenvalue weighted by Gasteiger charge is -2.04. The van der Waals surface area contributed by atoms with E-state index in [-0.39, 0.29) is 0 Å². The lowest BCUT2D eigenvalue weighted by Crippen LogP contribution is -1.87. The van der Waals surface area contributed by atoms with Crippen molar-refractivity contribution in [2.75, 3.05) is 0 Å². The summed E-state index contributed by atoms with van der Waals surface area (Å²) in [5.74, 6) is 0. The van der Waals surface area contributed by atoms with Gasteiger partial charge in [0.1, 0.15) is 0 Å². The molecule has 0 heteroatoms. The van der Waals surface area contributed by atoms with E-state index in [9.17, 15) is 0 Å². The first-order valence-electron chi connectivity index (χ1n) is 12.0. The van der Waals surface area contributed by atoms with Crippen molar-refractivity contribution in [1.82, 2.24) is 0 Å². The molecule has 0 fully saturated rings. The predicted octanol–water partition coefficient (Wildman–Crippen LogP) is 9.42. The summed E-state index contributed by atoms with van der Waals surface area (Å²) >= 11 is 0. The van der Waals surface area contributed by atoms with E-state index in [2.05, 4.69) is 61.5 Å². The molecule has 2 rings (SSSR count). The van der Waals surface area contributed by atoms with Gasteiger partial charge in [0.05, 0.1) is 0 Å². The Bertz CT molecular complexity index is 652. The number of hydrogen-bond acceptors (Lipinski definition) is 0. The number of hydrogen-bond donors (Lipinski definition) is 0. The molecular formula is C28H42. The van der Waals surface area contributed by atoms with Crippen LogP contribution in [0.1, 0.15) is 102 Å². The summed E-state index contributed by atoms with van der Waals surface area (Å²) in [4.78, 5) is 0. The summed E-state index contributed by atoms with van der Waals surface area (Å²) in [6.45, 7) is 2.29. The van der Waals surface area contributed by atoms with E-state index in [4.69, 9.17) is 0 Å². The molecule has 0 bridgehead atoms. The average molecular weight is 379 g/mol. The van der Waals surface area contributed by atoms with Crippen LogP contribution in [0.4, 0.5) is 0 Å². The number of rotatable bonds is 16. The van der Waals surface area contributed by atoms with Gasteiger partial charge in [-0.2, -0.15) is 0 Å². The van der Waals surface area contributed by atoms with Crippen LogP contribution < -0.4 is 0 Å². The van der Waals surface area contributed by atoms with E-state index in [1.165, 1.54) is 113 Å². The summed E-state index contributed by atoms with van der Waals surface area (Å²) in [5.41, 5.74) is 1.49. The predicted molar refractivity (Wildman–Crippen MR) is 127 cm³/mol. The summed E-state index contributed by atoms with van der Waals surface area (Å²) < 4.78 is 0. The molecule has 0 nitrogen and oxygen atoms in total. The van der Waals surface area contributed by atoms with Gasteiger partial charge in [-0.3, -0.25) is 0 Å². The quantitative estimate of drug-likeness (QED) is 0.201. The zero-order chi connectivity index (χ0) is 19.7. The van der Waals surface area contributed by atoms with Crippen molar-refractivity contribution in [3.63, 3.8) is 0 Å². The second kappa shape index (κ2) is 15.4. The molecule has 28 heavy (non-hydrogen) atoms. The summed E-state index contributed by atoms with van der Waals surface area (Å²) in [7, 11) is 0. The molecule has 0 aliphatic rings. The molecule has 0 spiro atoms. The largest absolute Gasteiger partial charge is 0.0885 e. The zero-order valence-corrected chi connectivity index (χ0v) is 18.3. The van der Waals surface area contributed by atoms with Gasteiger partial charge in [-0.05, 0) is 54.9 Å². The lowest BCUT2D eigenvalue weighted by molar-refractivity contribution is 0.596. The molecule has 154 valence electrons. The number of allylic oxidation sites excluding steroid dienone is 2. The highest BCUT2D eigenvalue weighted by atomic mass is 14.0. The highest BCUT2D eigenvalue weighted by Crippen LogP contribution is 2.18. The second-order valence-corrected chi connectivity index (χ2v) is 8.37. The Balaban J connectivity index is 1.39. The maximum Gasteiger partial charge on any atom is -0.0181 e. The van der Waals surface area contributed by atoms with Crippen LogP contribution in [-0.4, -0.2) is 0 Å². The van der Waals surface area contributed by atoms with E-state index >= 15 is 0 Å². The molecule has 2 aromatic carbocycles. The normalized spacial score (nSPS) is 11.6. The Labute approximate surface area is 174 Å². The maximum absolute atomic E-state index is 2.42. The summed E-state index contributed by atoms with van der Waals surface area (Å²) in [6.07, 6.45) is 25.4. The molecule has 0 atom stereocenters. The second-order valence-electron chi connectivity index (χ2n) is 8.37. The molecule has 0 saturated carbocycles. The van der Waals surface area contributed by atoms with E-state index in [1.807, 2.05) is 0 Å². The number of aryl methyl sites for hydroxylation is 1. The van der Waals surface area contributed by atoms with Gasteiger partial charge in [-0.1, -0.05) is 119 Å². The van der Waals surface area contributed by atoms with Crippen molar-refractivity contribution in [2.24, 2.45) is 0 Å². The Kier molecular flexibility index (Phi) is 12.5. The standard InChI is InChI=1S/C28H42/c1-2-3-4-5-6-7-8-9-10-11-12-13-14-15-16-17-20-26-23-24-27-21-18-19-22-28(27)25-26/h9-10,18-19,21-25H,2-8,11-17,20H2,1H3/b10-9+. The highest BCUT2D eigenvalue weighted by molar-refractivity contribution is 5.82. The van der Waals surface area contributed by atoms with Gasteiger partial charge in [0.2, 0.25) is 0 Å². The number of unbranched alkanes of at least 4 members (excludes halogenated alkanes) is 12. The summed E-state index contributed by atoms with van der Waals surface area (Å²) in [6, 6.07) is 15.6. The maximum atomic E-state index is 2.42. The molecule has 0 N–H and O–H groups in total. The Morgan fingerprint density at radius 3 is 1.82 bits per heavy atom. The first kappa shape index (κ1) is 22.7. The third kappa shape index (κ3) is 10.1. The lowest BCUT2D eigenvalue weighted by atomic mass is 10.0. The van der Waals surface area contributed by atoms with E-state index in [0.29, 0.717) is 0 Å². The fourth-order valence-corrected chi connectivity index (χ4v) is 3.97. The molecular weight excluding hydrogens is 336 g/mol. The van der Waals surface area contributed by atoms with Gasteiger partial charge in [-0.25, -0.2) is 0 Å². The Hall–Kier alpha value is -1.56. The molecule has 2 aromatic rings. The fourth-order valence-electron chi connectivity index (χ4n) is 3.97. The average Bonchev–Trinajstić information content (AvgIpc) is 2.73. The Morgan fingerprint density at radius 2 is 1.14 bits per heavy atom. The molecule has 0 saturated heterocycles. The minimum absolute atomic E-state index is 1.23. The molecule has 0 aliphatic heterocycles. The van der Waals surface area contributed by atoms with Crippen molar-refractivity contribution < 1.29 is 0 Å². The van der Waals surface area contributed by atoms with Crippen LogP contribution in [0.5, 0.6) is 0 Å². The third-order valence-corrected chi connectivity index (χ3v) is 5.79. The van der Waals surface area contributed by atoms with Crippen LogP contribution >= 0.6 is 0 Å². The van der Waals surface area contributed by atoms with Crippen LogP contribution in [0.3, 0.4) is 0 Å². The number of fused-ring (bicyclic) bond motifs is 1. The molecule has 0 radical (unpaired) electrons. The summed E-state index contributed by atoms with van der Waals surface area (Å²) in [5, 5.41) is 2.73. The Morgan fingerprint density at radius 1 is 0.571 bits per heavy atom. The van der Waals surface area contributed by atoms with Crippen molar-refractivity contribution in [2.45, 2.75) is 103 Å². The van der Waals surface area contributed by atoms with Crippen LogP contribution in [0.15, 0.2) is 54.6 Å². The first-order valence-corrected chi connectivity index (χ1v) is 12.0.